The number of fused-ring (bicyclic) bond motifs is 2. The highest BCUT2D eigenvalue weighted by atomic mass is 32.1. The molecule has 5 aromatic rings. The van der Waals surface area contributed by atoms with Gasteiger partial charge in [0.25, 0.3) is 5.91 Å². The van der Waals surface area contributed by atoms with E-state index in [-0.39, 0.29) is 11.9 Å². The quantitative estimate of drug-likeness (QED) is 0.378. The third kappa shape index (κ3) is 3.62. The topological polar surface area (TPSA) is 59.8 Å². The van der Waals surface area contributed by atoms with Gasteiger partial charge in [0.15, 0.2) is 11.3 Å². The van der Waals surface area contributed by atoms with Crippen molar-refractivity contribution in [3.63, 3.8) is 0 Å². The van der Waals surface area contributed by atoms with Crippen molar-refractivity contribution >= 4 is 28.3 Å². The zero-order valence-electron chi connectivity index (χ0n) is 17.9. The van der Waals surface area contributed by atoms with E-state index in [1.54, 1.807) is 17.5 Å². The minimum atomic E-state index is -0.153. The minimum Gasteiger partial charge on any atom is -0.344 e. The van der Waals surface area contributed by atoms with E-state index in [0.29, 0.717) is 12.2 Å². The lowest BCUT2D eigenvalue weighted by Crippen LogP contribution is -2.27. The molecule has 1 amide bonds. The second-order valence-corrected chi connectivity index (χ2v) is 9.24. The average Bonchev–Trinajstić information content (AvgIpc) is 3.60. The molecule has 33 heavy (non-hydrogen) atoms. The lowest BCUT2D eigenvalue weighted by molar-refractivity contribution is 0.0932. The van der Waals surface area contributed by atoms with E-state index in [9.17, 15) is 4.79 Å². The fraction of sp³-hybridized carbons (Fsp3) is 0.148. The summed E-state index contributed by atoms with van der Waals surface area (Å²) < 4.78 is 1.85. The highest BCUT2D eigenvalue weighted by Crippen LogP contribution is 2.35. The van der Waals surface area contributed by atoms with Gasteiger partial charge in [-0.2, -0.15) is 5.10 Å². The van der Waals surface area contributed by atoms with Crippen LogP contribution in [0.15, 0.2) is 84.4 Å². The molecule has 0 bridgehead atoms. The van der Waals surface area contributed by atoms with Gasteiger partial charge in [0.1, 0.15) is 0 Å². The largest absolute Gasteiger partial charge is 0.344 e. The highest BCUT2D eigenvalue weighted by molar-refractivity contribution is 7.13. The number of thiophene rings is 1. The number of hydrogen-bond acceptors (Lipinski definition) is 4. The van der Waals surface area contributed by atoms with Gasteiger partial charge in [-0.15, -0.1) is 11.3 Å². The summed E-state index contributed by atoms with van der Waals surface area (Å²) in [5.41, 5.74) is 5.77. The number of pyridine rings is 1. The first-order valence-corrected chi connectivity index (χ1v) is 12.0. The number of hydrogen-bond donors (Lipinski definition) is 1. The van der Waals surface area contributed by atoms with Crippen LogP contribution >= 0.6 is 11.3 Å². The number of aryl methyl sites for hydroxylation is 1. The van der Waals surface area contributed by atoms with E-state index in [1.165, 1.54) is 11.1 Å². The van der Waals surface area contributed by atoms with Crippen LogP contribution in [0.2, 0.25) is 0 Å². The van der Waals surface area contributed by atoms with Gasteiger partial charge in [0.05, 0.1) is 18.0 Å². The fourth-order valence-corrected chi connectivity index (χ4v) is 5.45. The molecule has 1 aliphatic rings. The van der Waals surface area contributed by atoms with Crippen LogP contribution in [-0.2, 0) is 13.0 Å². The fourth-order valence-electron chi connectivity index (χ4n) is 4.69. The van der Waals surface area contributed by atoms with Crippen LogP contribution < -0.4 is 5.32 Å². The van der Waals surface area contributed by atoms with Crippen molar-refractivity contribution in [3.05, 3.63) is 107 Å². The number of benzene rings is 2. The van der Waals surface area contributed by atoms with Crippen LogP contribution in [0.4, 0.5) is 0 Å². The van der Waals surface area contributed by atoms with Gasteiger partial charge in [0.2, 0.25) is 0 Å². The molecule has 162 valence electrons. The summed E-state index contributed by atoms with van der Waals surface area (Å²) in [6.07, 6.45) is 3.69. The lowest BCUT2D eigenvalue weighted by atomic mass is 10.1. The number of nitrogens with one attached hydrogen (secondary N) is 1. The Morgan fingerprint density at radius 3 is 2.73 bits per heavy atom. The normalized spacial score (nSPS) is 15.0. The second kappa shape index (κ2) is 8.30. The van der Waals surface area contributed by atoms with Gasteiger partial charge in [-0.05, 0) is 47.0 Å². The van der Waals surface area contributed by atoms with Crippen LogP contribution in [0.25, 0.3) is 21.5 Å². The molecule has 6 heteroatoms. The van der Waals surface area contributed by atoms with E-state index in [4.69, 9.17) is 5.10 Å². The van der Waals surface area contributed by atoms with E-state index < -0.39 is 0 Å². The molecule has 3 heterocycles. The van der Waals surface area contributed by atoms with E-state index >= 15 is 0 Å². The molecule has 0 fully saturated rings. The van der Waals surface area contributed by atoms with Crippen molar-refractivity contribution in [1.29, 1.82) is 0 Å². The molecule has 0 saturated carbocycles. The van der Waals surface area contributed by atoms with Crippen LogP contribution in [0.5, 0.6) is 0 Å². The Morgan fingerprint density at radius 2 is 1.88 bits per heavy atom. The Morgan fingerprint density at radius 1 is 1.03 bits per heavy atom. The van der Waals surface area contributed by atoms with Crippen molar-refractivity contribution < 1.29 is 4.79 Å². The zero-order chi connectivity index (χ0) is 22.2. The standard InChI is InChI=1S/C27H22N4OS/c32-27(29-22-13-12-19-9-4-5-10-20(19)22)25-24-21(23-11-6-16-33-23)14-15-28-26(24)31(30-25)17-18-7-2-1-3-8-18/h1-11,14-16,22H,12-13,17H2,(H,29,32)/t22-/m0/s1. The molecule has 2 aromatic carbocycles. The summed E-state index contributed by atoms with van der Waals surface area (Å²) in [5, 5.41) is 10.9. The highest BCUT2D eigenvalue weighted by Gasteiger charge is 2.27. The number of aromatic nitrogens is 3. The van der Waals surface area contributed by atoms with Gasteiger partial charge in [-0.3, -0.25) is 4.79 Å². The molecule has 1 N–H and O–H groups in total. The third-order valence-corrected chi connectivity index (χ3v) is 7.15. The number of rotatable bonds is 5. The number of carbonyl (C=O) groups is 1. The summed E-state index contributed by atoms with van der Waals surface area (Å²) in [5.74, 6) is -0.153. The average molecular weight is 451 g/mol. The van der Waals surface area contributed by atoms with Crippen LogP contribution in [0.1, 0.15) is 39.6 Å². The molecule has 0 radical (unpaired) electrons. The lowest BCUT2D eigenvalue weighted by Gasteiger charge is -2.13. The molecule has 1 atom stereocenters. The Kier molecular flexibility index (Phi) is 5.00. The number of nitrogens with zero attached hydrogens (tertiary/aromatic N) is 3. The van der Waals surface area contributed by atoms with Crippen molar-refractivity contribution in [1.82, 2.24) is 20.1 Å². The first kappa shape index (κ1) is 19.9. The smallest absolute Gasteiger partial charge is 0.273 e. The maximum atomic E-state index is 13.6. The zero-order valence-corrected chi connectivity index (χ0v) is 18.8. The van der Waals surface area contributed by atoms with Crippen molar-refractivity contribution in [3.8, 4) is 10.4 Å². The molecule has 0 unspecified atom stereocenters. The Balaban J connectivity index is 1.44. The molecular formula is C27H22N4OS. The summed E-state index contributed by atoms with van der Waals surface area (Å²) >= 11 is 1.65. The predicted molar refractivity (Wildman–Crippen MR) is 131 cm³/mol. The Bertz CT molecular complexity index is 1440. The molecule has 0 aliphatic heterocycles. The number of carbonyl (C=O) groups excluding carboxylic acids is 1. The summed E-state index contributed by atoms with van der Waals surface area (Å²) in [4.78, 5) is 19.3. The number of amides is 1. The van der Waals surface area contributed by atoms with E-state index in [0.717, 1.165) is 39.9 Å². The Hall–Kier alpha value is -3.77. The first-order chi connectivity index (χ1) is 16.3. The first-order valence-electron chi connectivity index (χ1n) is 11.1. The van der Waals surface area contributed by atoms with Crippen LogP contribution in [-0.4, -0.2) is 20.7 Å². The molecule has 1 aliphatic carbocycles. The molecular weight excluding hydrogens is 428 g/mol. The monoisotopic (exact) mass is 450 g/mol. The molecule has 5 nitrogen and oxygen atoms in total. The van der Waals surface area contributed by atoms with Crippen molar-refractivity contribution in [2.24, 2.45) is 0 Å². The van der Waals surface area contributed by atoms with Gasteiger partial charge in [-0.1, -0.05) is 60.7 Å². The van der Waals surface area contributed by atoms with Crippen molar-refractivity contribution in [2.75, 3.05) is 0 Å². The maximum absolute atomic E-state index is 13.6. The minimum absolute atomic E-state index is 0.00452. The Labute approximate surface area is 195 Å². The van der Waals surface area contributed by atoms with Gasteiger partial charge in [0, 0.05) is 16.6 Å². The van der Waals surface area contributed by atoms with Gasteiger partial charge in [-0.25, -0.2) is 9.67 Å². The molecule has 0 saturated heterocycles. The van der Waals surface area contributed by atoms with E-state index in [2.05, 4.69) is 46.7 Å². The third-order valence-electron chi connectivity index (χ3n) is 6.25. The predicted octanol–water partition coefficient (Wildman–Crippen LogP) is 5.63. The maximum Gasteiger partial charge on any atom is 0.273 e. The van der Waals surface area contributed by atoms with Gasteiger partial charge >= 0.3 is 0 Å². The van der Waals surface area contributed by atoms with Crippen LogP contribution in [0.3, 0.4) is 0 Å². The molecule has 0 spiro atoms. The summed E-state index contributed by atoms with van der Waals surface area (Å²) in [6.45, 7) is 0.553. The molecule has 3 aromatic heterocycles. The van der Waals surface area contributed by atoms with Gasteiger partial charge < -0.3 is 5.32 Å². The SMILES string of the molecule is O=C(N[C@H]1CCc2ccccc21)c1nn(Cc2ccccc2)c2nccc(-c3cccs3)c12. The summed E-state index contributed by atoms with van der Waals surface area (Å²) in [6, 6.07) is 24.6. The van der Waals surface area contributed by atoms with E-state index in [1.807, 2.05) is 46.5 Å². The van der Waals surface area contributed by atoms with Crippen molar-refractivity contribution in [2.45, 2.75) is 25.4 Å². The van der Waals surface area contributed by atoms with Crippen LogP contribution in [0, 0.1) is 0 Å². The summed E-state index contributed by atoms with van der Waals surface area (Å²) in [7, 11) is 0. The second-order valence-electron chi connectivity index (χ2n) is 8.29. The molecule has 6 rings (SSSR count).